The van der Waals surface area contributed by atoms with Crippen LogP contribution in [0.2, 0.25) is 0 Å². The van der Waals surface area contributed by atoms with E-state index in [2.05, 4.69) is 18.7 Å². The summed E-state index contributed by atoms with van der Waals surface area (Å²) in [7, 11) is 0. The maximum atomic E-state index is 9.18. The van der Waals surface area contributed by atoms with Gasteiger partial charge in [0.25, 0.3) is 0 Å². The standard InChI is InChI=1S/C9H19NO/c1-7-4-5-10(9(7)3)6-8(2)11/h7-9,11H,4-6H2,1-3H3. The molecule has 0 aliphatic carbocycles. The molecule has 1 aliphatic rings. The molecule has 11 heavy (non-hydrogen) atoms. The Bertz CT molecular complexity index is 125. The summed E-state index contributed by atoms with van der Waals surface area (Å²) in [5.41, 5.74) is 0. The Kier molecular flexibility index (Phi) is 2.90. The Morgan fingerprint density at radius 1 is 1.55 bits per heavy atom. The topological polar surface area (TPSA) is 23.5 Å². The molecule has 2 nitrogen and oxygen atoms in total. The van der Waals surface area contributed by atoms with E-state index in [1.165, 1.54) is 6.42 Å². The van der Waals surface area contributed by atoms with Crippen LogP contribution < -0.4 is 0 Å². The third-order valence-electron chi connectivity index (χ3n) is 2.77. The maximum Gasteiger partial charge on any atom is 0.0639 e. The van der Waals surface area contributed by atoms with Gasteiger partial charge in [-0.1, -0.05) is 6.92 Å². The smallest absolute Gasteiger partial charge is 0.0639 e. The highest BCUT2D eigenvalue weighted by molar-refractivity contribution is 4.81. The van der Waals surface area contributed by atoms with Crippen LogP contribution in [0.4, 0.5) is 0 Å². The molecular weight excluding hydrogens is 138 g/mol. The second-order valence-electron chi connectivity index (χ2n) is 3.85. The van der Waals surface area contributed by atoms with E-state index in [1.54, 1.807) is 0 Å². The lowest BCUT2D eigenvalue weighted by Gasteiger charge is -2.24. The lowest BCUT2D eigenvalue weighted by Crippen LogP contribution is -2.35. The fraction of sp³-hybridized carbons (Fsp3) is 1.00. The number of β-amino-alcohol motifs (C(OH)–C–C–N with tert-alkyl or cyclic N) is 1. The molecule has 3 unspecified atom stereocenters. The van der Waals surface area contributed by atoms with Crippen LogP contribution in [0, 0.1) is 5.92 Å². The van der Waals surface area contributed by atoms with Crippen LogP contribution in [0.1, 0.15) is 27.2 Å². The molecule has 1 rings (SSSR count). The zero-order valence-corrected chi connectivity index (χ0v) is 7.75. The van der Waals surface area contributed by atoms with Crippen molar-refractivity contribution in [1.82, 2.24) is 4.90 Å². The van der Waals surface area contributed by atoms with E-state index in [4.69, 9.17) is 0 Å². The van der Waals surface area contributed by atoms with Crippen molar-refractivity contribution < 1.29 is 5.11 Å². The van der Waals surface area contributed by atoms with Gasteiger partial charge in [0.2, 0.25) is 0 Å². The van der Waals surface area contributed by atoms with Gasteiger partial charge < -0.3 is 5.11 Å². The van der Waals surface area contributed by atoms with Crippen molar-refractivity contribution in [2.24, 2.45) is 5.92 Å². The Morgan fingerprint density at radius 3 is 2.55 bits per heavy atom. The first-order chi connectivity index (χ1) is 5.11. The van der Waals surface area contributed by atoms with Gasteiger partial charge in [0, 0.05) is 12.6 Å². The lowest BCUT2D eigenvalue weighted by molar-refractivity contribution is 0.118. The lowest BCUT2D eigenvalue weighted by atomic mass is 10.1. The van der Waals surface area contributed by atoms with Crippen LogP contribution in [0.15, 0.2) is 0 Å². The van der Waals surface area contributed by atoms with E-state index in [0.717, 1.165) is 19.0 Å². The average Bonchev–Trinajstić information content (AvgIpc) is 2.18. The highest BCUT2D eigenvalue weighted by Crippen LogP contribution is 2.22. The first kappa shape index (κ1) is 9.01. The molecule has 0 aromatic rings. The van der Waals surface area contributed by atoms with Gasteiger partial charge in [0.1, 0.15) is 0 Å². The Labute approximate surface area is 69.2 Å². The molecule has 0 aromatic heterocycles. The zero-order chi connectivity index (χ0) is 8.43. The van der Waals surface area contributed by atoms with Crippen molar-refractivity contribution in [3.8, 4) is 0 Å². The SMILES string of the molecule is CC(O)CN1CCC(C)C1C. The second kappa shape index (κ2) is 3.55. The molecule has 0 radical (unpaired) electrons. The van der Waals surface area contributed by atoms with Crippen LogP contribution in [-0.4, -0.2) is 35.2 Å². The van der Waals surface area contributed by atoms with Gasteiger partial charge >= 0.3 is 0 Å². The molecule has 2 heteroatoms. The van der Waals surface area contributed by atoms with Gasteiger partial charge in [-0.3, -0.25) is 4.90 Å². The first-order valence-corrected chi connectivity index (χ1v) is 4.53. The van der Waals surface area contributed by atoms with Gasteiger partial charge in [0.05, 0.1) is 6.10 Å². The van der Waals surface area contributed by atoms with Crippen molar-refractivity contribution >= 4 is 0 Å². The quantitative estimate of drug-likeness (QED) is 0.649. The molecule has 3 atom stereocenters. The predicted molar refractivity (Wildman–Crippen MR) is 46.5 cm³/mol. The second-order valence-corrected chi connectivity index (χ2v) is 3.85. The molecule has 0 bridgehead atoms. The van der Waals surface area contributed by atoms with E-state index in [0.29, 0.717) is 6.04 Å². The number of hydrogen-bond acceptors (Lipinski definition) is 2. The first-order valence-electron chi connectivity index (χ1n) is 4.53. The summed E-state index contributed by atoms with van der Waals surface area (Å²) in [6, 6.07) is 0.657. The minimum absolute atomic E-state index is 0.178. The van der Waals surface area contributed by atoms with Crippen LogP contribution in [0.5, 0.6) is 0 Å². The number of likely N-dealkylation sites (tertiary alicyclic amines) is 1. The monoisotopic (exact) mass is 157 g/mol. The summed E-state index contributed by atoms with van der Waals surface area (Å²) in [5, 5.41) is 9.18. The summed E-state index contributed by atoms with van der Waals surface area (Å²) in [6.07, 6.45) is 1.11. The van der Waals surface area contributed by atoms with Crippen molar-refractivity contribution in [2.45, 2.75) is 39.3 Å². The summed E-state index contributed by atoms with van der Waals surface area (Å²) in [6.45, 7) is 8.39. The van der Waals surface area contributed by atoms with Crippen molar-refractivity contribution in [3.63, 3.8) is 0 Å². The Balaban J connectivity index is 2.36. The fourth-order valence-electron chi connectivity index (χ4n) is 1.77. The average molecular weight is 157 g/mol. The van der Waals surface area contributed by atoms with Crippen LogP contribution >= 0.6 is 0 Å². The van der Waals surface area contributed by atoms with Crippen LogP contribution in [0.25, 0.3) is 0 Å². The molecule has 0 saturated carbocycles. The summed E-state index contributed by atoms with van der Waals surface area (Å²) in [5.74, 6) is 0.800. The maximum absolute atomic E-state index is 9.18. The molecule has 1 aliphatic heterocycles. The largest absolute Gasteiger partial charge is 0.392 e. The molecule has 1 N–H and O–H groups in total. The molecule has 1 saturated heterocycles. The van der Waals surface area contributed by atoms with Gasteiger partial charge in [-0.25, -0.2) is 0 Å². The van der Waals surface area contributed by atoms with Crippen LogP contribution in [0.3, 0.4) is 0 Å². The summed E-state index contributed by atoms with van der Waals surface area (Å²) in [4.78, 5) is 2.37. The van der Waals surface area contributed by atoms with E-state index in [1.807, 2.05) is 6.92 Å². The van der Waals surface area contributed by atoms with E-state index in [9.17, 15) is 5.11 Å². The van der Waals surface area contributed by atoms with Crippen LogP contribution in [-0.2, 0) is 0 Å². The minimum Gasteiger partial charge on any atom is -0.392 e. The van der Waals surface area contributed by atoms with Crippen molar-refractivity contribution in [3.05, 3.63) is 0 Å². The Hall–Kier alpha value is -0.0800. The number of hydrogen-bond donors (Lipinski definition) is 1. The summed E-state index contributed by atoms with van der Waals surface area (Å²) >= 11 is 0. The molecule has 0 amide bonds. The number of nitrogens with zero attached hydrogens (tertiary/aromatic N) is 1. The number of aliphatic hydroxyl groups excluding tert-OH is 1. The van der Waals surface area contributed by atoms with Gasteiger partial charge in [0.15, 0.2) is 0 Å². The molecule has 0 aromatic carbocycles. The van der Waals surface area contributed by atoms with E-state index < -0.39 is 0 Å². The number of aliphatic hydroxyl groups is 1. The van der Waals surface area contributed by atoms with Crippen molar-refractivity contribution in [1.29, 1.82) is 0 Å². The molecular formula is C9H19NO. The molecule has 1 heterocycles. The Morgan fingerprint density at radius 2 is 2.18 bits per heavy atom. The zero-order valence-electron chi connectivity index (χ0n) is 7.75. The van der Waals surface area contributed by atoms with E-state index in [-0.39, 0.29) is 6.10 Å². The number of rotatable bonds is 2. The van der Waals surface area contributed by atoms with E-state index >= 15 is 0 Å². The normalized spacial score (nSPS) is 36.0. The van der Waals surface area contributed by atoms with Gasteiger partial charge in [-0.2, -0.15) is 0 Å². The third-order valence-corrected chi connectivity index (χ3v) is 2.77. The molecule has 1 fully saturated rings. The molecule has 66 valence electrons. The predicted octanol–water partition coefficient (Wildman–Crippen LogP) is 1.10. The third kappa shape index (κ3) is 2.17. The van der Waals surface area contributed by atoms with Crippen molar-refractivity contribution in [2.75, 3.05) is 13.1 Å². The fourth-order valence-corrected chi connectivity index (χ4v) is 1.77. The highest BCUT2D eigenvalue weighted by atomic mass is 16.3. The highest BCUT2D eigenvalue weighted by Gasteiger charge is 2.27. The summed E-state index contributed by atoms with van der Waals surface area (Å²) < 4.78 is 0. The molecule has 0 spiro atoms. The van der Waals surface area contributed by atoms with Gasteiger partial charge in [-0.05, 0) is 32.7 Å². The minimum atomic E-state index is -0.178. The van der Waals surface area contributed by atoms with Gasteiger partial charge in [-0.15, -0.1) is 0 Å².